The second kappa shape index (κ2) is 11.9. The number of nitrogens with zero attached hydrogens (tertiary/aromatic N) is 2. The number of thiophene rings is 1. The molecule has 1 saturated heterocycles. The number of guanidine groups is 1. The highest BCUT2D eigenvalue weighted by atomic mass is 32.1. The molecule has 1 unspecified atom stereocenters. The second-order valence-corrected chi connectivity index (χ2v) is 9.24. The Labute approximate surface area is 190 Å². The van der Waals surface area contributed by atoms with Gasteiger partial charge in [0, 0.05) is 37.6 Å². The van der Waals surface area contributed by atoms with Crippen molar-refractivity contribution in [1.29, 1.82) is 0 Å². The maximum atomic E-state index is 11.1. The largest absolute Gasteiger partial charge is 0.356 e. The fourth-order valence-electron chi connectivity index (χ4n) is 3.93. The van der Waals surface area contributed by atoms with Crippen molar-refractivity contribution in [2.24, 2.45) is 10.9 Å². The van der Waals surface area contributed by atoms with Crippen LogP contribution >= 0.6 is 11.3 Å². The van der Waals surface area contributed by atoms with E-state index in [1.165, 1.54) is 30.2 Å². The van der Waals surface area contributed by atoms with E-state index in [9.17, 15) is 4.79 Å². The quantitative estimate of drug-likeness (QED) is 0.429. The van der Waals surface area contributed by atoms with Gasteiger partial charge in [0.25, 0.3) is 0 Å². The van der Waals surface area contributed by atoms with Crippen molar-refractivity contribution in [3.63, 3.8) is 0 Å². The molecule has 1 aliphatic heterocycles. The minimum Gasteiger partial charge on any atom is -0.356 e. The van der Waals surface area contributed by atoms with Gasteiger partial charge in [-0.25, -0.2) is 0 Å². The number of amides is 1. The summed E-state index contributed by atoms with van der Waals surface area (Å²) in [6.07, 6.45) is 3.44. The fraction of sp³-hybridized carbons (Fsp3) is 0.500. The first-order chi connectivity index (χ1) is 15.0. The van der Waals surface area contributed by atoms with Crippen LogP contribution in [-0.2, 0) is 11.2 Å². The molecular weight excluding hydrogens is 406 g/mol. The smallest absolute Gasteiger partial charge is 0.221 e. The zero-order valence-corrected chi connectivity index (χ0v) is 19.7. The molecule has 0 radical (unpaired) electrons. The molecule has 0 bridgehead atoms. The number of likely N-dealkylation sites (tertiary alicyclic amines) is 1. The van der Waals surface area contributed by atoms with Crippen LogP contribution in [0.2, 0.25) is 0 Å². The van der Waals surface area contributed by atoms with Gasteiger partial charge >= 0.3 is 0 Å². The van der Waals surface area contributed by atoms with Crippen LogP contribution in [0, 0.1) is 5.92 Å². The van der Waals surface area contributed by atoms with Crippen LogP contribution in [0.25, 0.3) is 0 Å². The lowest BCUT2D eigenvalue weighted by molar-refractivity contribution is -0.114. The molecule has 7 heteroatoms. The van der Waals surface area contributed by atoms with E-state index in [4.69, 9.17) is 0 Å². The van der Waals surface area contributed by atoms with Crippen molar-refractivity contribution < 1.29 is 4.79 Å². The topological polar surface area (TPSA) is 68.8 Å². The van der Waals surface area contributed by atoms with Gasteiger partial charge in [0.05, 0.1) is 6.04 Å². The standard InChI is InChI=1S/C24H35N5OS/c1-18-11-14-29(15-12-18)22(23-5-4-16-31-23)17-27-24(25-3)26-13-10-20-6-8-21(9-7-20)28-19(2)30/h4-9,16,18,22H,10-15,17H2,1-3H3,(H,28,30)(H2,25,26,27). The van der Waals surface area contributed by atoms with Gasteiger partial charge in [-0.2, -0.15) is 0 Å². The zero-order chi connectivity index (χ0) is 22.1. The lowest BCUT2D eigenvalue weighted by Crippen LogP contribution is -2.45. The summed E-state index contributed by atoms with van der Waals surface area (Å²) in [5, 5.41) is 11.9. The Morgan fingerprint density at radius 2 is 1.94 bits per heavy atom. The summed E-state index contributed by atoms with van der Waals surface area (Å²) in [7, 11) is 1.82. The van der Waals surface area contributed by atoms with Crippen molar-refractivity contribution in [2.45, 2.75) is 39.2 Å². The predicted octanol–water partition coefficient (Wildman–Crippen LogP) is 3.89. The summed E-state index contributed by atoms with van der Waals surface area (Å²) in [4.78, 5) is 19.6. The van der Waals surface area contributed by atoms with E-state index in [-0.39, 0.29) is 5.91 Å². The molecule has 31 heavy (non-hydrogen) atoms. The van der Waals surface area contributed by atoms with Gasteiger partial charge in [-0.15, -0.1) is 11.3 Å². The number of piperidine rings is 1. The van der Waals surface area contributed by atoms with E-state index in [1.807, 2.05) is 42.6 Å². The van der Waals surface area contributed by atoms with E-state index in [0.717, 1.165) is 50.2 Å². The van der Waals surface area contributed by atoms with Crippen LogP contribution < -0.4 is 16.0 Å². The van der Waals surface area contributed by atoms with E-state index >= 15 is 0 Å². The molecule has 3 rings (SSSR count). The number of carbonyl (C=O) groups is 1. The lowest BCUT2D eigenvalue weighted by atomic mass is 9.97. The molecule has 1 amide bonds. The highest BCUT2D eigenvalue weighted by Crippen LogP contribution is 2.29. The number of nitrogens with one attached hydrogen (secondary N) is 3. The number of hydrogen-bond donors (Lipinski definition) is 3. The third kappa shape index (κ3) is 7.36. The van der Waals surface area contributed by atoms with Crippen molar-refractivity contribution in [3.05, 3.63) is 52.2 Å². The van der Waals surface area contributed by atoms with Crippen molar-refractivity contribution >= 4 is 28.9 Å². The summed E-state index contributed by atoms with van der Waals surface area (Å²) < 4.78 is 0. The fourth-order valence-corrected chi connectivity index (χ4v) is 4.79. The molecule has 1 atom stereocenters. The van der Waals surface area contributed by atoms with Gasteiger partial charge in [0.2, 0.25) is 5.91 Å². The molecule has 3 N–H and O–H groups in total. The van der Waals surface area contributed by atoms with E-state index < -0.39 is 0 Å². The monoisotopic (exact) mass is 441 g/mol. The first-order valence-electron chi connectivity index (χ1n) is 11.1. The van der Waals surface area contributed by atoms with Crippen molar-refractivity contribution in [3.8, 4) is 0 Å². The highest BCUT2D eigenvalue weighted by molar-refractivity contribution is 7.10. The average Bonchev–Trinajstić information content (AvgIpc) is 3.29. The van der Waals surface area contributed by atoms with E-state index in [0.29, 0.717) is 6.04 Å². The molecule has 0 spiro atoms. The number of carbonyl (C=O) groups excluding carboxylic acids is 1. The number of hydrogen-bond acceptors (Lipinski definition) is 4. The van der Waals surface area contributed by atoms with Gasteiger partial charge < -0.3 is 16.0 Å². The predicted molar refractivity (Wildman–Crippen MR) is 131 cm³/mol. The van der Waals surface area contributed by atoms with Crippen LogP contribution in [-0.4, -0.2) is 50.0 Å². The number of aliphatic imine (C=N–C) groups is 1. The van der Waals surface area contributed by atoms with E-state index in [2.05, 4.69) is 50.3 Å². The summed E-state index contributed by atoms with van der Waals surface area (Å²) in [5.74, 6) is 1.61. The Hall–Kier alpha value is -2.38. The first-order valence-corrected chi connectivity index (χ1v) is 12.0. The van der Waals surface area contributed by atoms with Crippen LogP contribution in [0.5, 0.6) is 0 Å². The Morgan fingerprint density at radius 3 is 2.55 bits per heavy atom. The average molecular weight is 442 g/mol. The molecule has 1 aliphatic rings. The minimum absolute atomic E-state index is 0.0517. The maximum absolute atomic E-state index is 11.1. The zero-order valence-electron chi connectivity index (χ0n) is 18.9. The van der Waals surface area contributed by atoms with Gasteiger partial charge in [-0.3, -0.25) is 14.7 Å². The lowest BCUT2D eigenvalue weighted by Gasteiger charge is -2.36. The molecule has 2 heterocycles. The number of benzene rings is 1. The third-order valence-electron chi connectivity index (χ3n) is 5.80. The van der Waals surface area contributed by atoms with E-state index in [1.54, 1.807) is 0 Å². The summed E-state index contributed by atoms with van der Waals surface area (Å²) >= 11 is 1.84. The molecule has 1 aromatic carbocycles. The van der Waals surface area contributed by atoms with Crippen LogP contribution in [0.1, 0.15) is 43.2 Å². The molecule has 0 saturated carbocycles. The SMILES string of the molecule is CN=C(NCCc1ccc(NC(C)=O)cc1)NCC(c1cccs1)N1CCC(C)CC1. The van der Waals surface area contributed by atoms with Crippen LogP contribution in [0.4, 0.5) is 5.69 Å². The molecule has 0 aliphatic carbocycles. The second-order valence-electron chi connectivity index (χ2n) is 8.26. The summed E-state index contributed by atoms with van der Waals surface area (Å²) in [5.41, 5.74) is 2.05. The van der Waals surface area contributed by atoms with Crippen molar-refractivity contribution in [1.82, 2.24) is 15.5 Å². The molecule has 2 aromatic rings. The van der Waals surface area contributed by atoms with Gasteiger partial charge in [0.15, 0.2) is 5.96 Å². The van der Waals surface area contributed by atoms with Crippen molar-refractivity contribution in [2.75, 3.05) is 38.5 Å². The Kier molecular flexibility index (Phi) is 8.91. The highest BCUT2D eigenvalue weighted by Gasteiger charge is 2.25. The molecule has 1 aromatic heterocycles. The van der Waals surface area contributed by atoms with Crippen LogP contribution in [0.3, 0.4) is 0 Å². The third-order valence-corrected chi connectivity index (χ3v) is 6.77. The number of rotatable bonds is 8. The normalized spacial score (nSPS) is 16.7. The molecular formula is C24H35N5OS. The van der Waals surface area contributed by atoms with Crippen LogP contribution in [0.15, 0.2) is 46.8 Å². The summed E-state index contributed by atoms with van der Waals surface area (Å²) in [6, 6.07) is 12.7. The Bertz CT molecular complexity index is 826. The minimum atomic E-state index is -0.0517. The van der Waals surface area contributed by atoms with Gasteiger partial charge in [-0.1, -0.05) is 25.1 Å². The number of anilines is 1. The Balaban J connectivity index is 1.48. The van der Waals surface area contributed by atoms with Gasteiger partial charge in [-0.05, 0) is 67.4 Å². The molecule has 6 nitrogen and oxygen atoms in total. The molecule has 1 fully saturated rings. The Morgan fingerprint density at radius 1 is 1.19 bits per heavy atom. The maximum Gasteiger partial charge on any atom is 0.221 e. The molecule has 168 valence electrons. The first kappa shape index (κ1) is 23.3. The summed E-state index contributed by atoms with van der Waals surface area (Å²) in [6.45, 7) is 7.84. The van der Waals surface area contributed by atoms with Gasteiger partial charge in [0.1, 0.15) is 0 Å².